The Morgan fingerprint density at radius 3 is 1.95 bits per heavy atom. The second kappa shape index (κ2) is 12.3. The van der Waals surface area contributed by atoms with E-state index in [-0.39, 0.29) is 31.9 Å². The standard InChI is InChI=1S/C33H30N2O5/c36-31(35-30(32(37)38)20-22-14-16-24(17-15-22)23-8-2-1-3-9-23)18-19-34-33(39)40-21-29-27-12-6-4-10-25(27)26-11-5-7-13-28(26)29/h1-17,29-30H,18-21H2,(H,34,39)(H,35,36)(H,37,38)/t30-/m0/s1. The molecule has 4 aromatic carbocycles. The number of benzene rings is 4. The molecule has 0 spiro atoms. The minimum absolute atomic E-state index is 0.0284. The molecule has 3 N–H and O–H groups in total. The van der Waals surface area contributed by atoms with Crippen molar-refractivity contribution in [3.63, 3.8) is 0 Å². The Bertz CT molecular complexity index is 1460. The summed E-state index contributed by atoms with van der Waals surface area (Å²) in [5, 5.41) is 14.8. The van der Waals surface area contributed by atoms with Gasteiger partial charge in [-0.1, -0.05) is 103 Å². The van der Waals surface area contributed by atoms with Crippen molar-refractivity contribution in [1.82, 2.24) is 10.6 Å². The lowest BCUT2D eigenvalue weighted by atomic mass is 9.98. The Labute approximate surface area is 232 Å². The van der Waals surface area contributed by atoms with Crippen LogP contribution in [0.5, 0.6) is 0 Å². The van der Waals surface area contributed by atoms with Crippen molar-refractivity contribution in [2.45, 2.75) is 24.8 Å². The van der Waals surface area contributed by atoms with E-state index in [9.17, 15) is 19.5 Å². The van der Waals surface area contributed by atoms with Crippen LogP contribution in [0.2, 0.25) is 0 Å². The Morgan fingerprint density at radius 1 is 0.750 bits per heavy atom. The minimum atomic E-state index is -1.12. The van der Waals surface area contributed by atoms with E-state index in [0.29, 0.717) is 0 Å². The summed E-state index contributed by atoms with van der Waals surface area (Å²) in [5.41, 5.74) is 7.41. The van der Waals surface area contributed by atoms with Crippen LogP contribution < -0.4 is 10.6 Å². The molecule has 0 aromatic heterocycles. The van der Waals surface area contributed by atoms with Gasteiger partial charge in [-0.2, -0.15) is 0 Å². The highest BCUT2D eigenvalue weighted by atomic mass is 16.5. The van der Waals surface area contributed by atoms with Gasteiger partial charge in [-0.25, -0.2) is 9.59 Å². The van der Waals surface area contributed by atoms with Gasteiger partial charge in [0.15, 0.2) is 0 Å². The van der Waals surface area contributed by atoms with Crippen LogP contribution in [0.3, 0.4) is 0 Å². The van der Waals surface area contributed by atoms with Crippen LogP contribution in [-0.2, 0) is 20.7 Å². The SMILES string of the molecule is O=C(CCNC(=O)OCC1c2ccccc2-c2ccccc21)N[C@@H](Cc1ccc(-c2ccccc2)cc1)C(=O)O. The van der Waals surface area contributed by atoms with Gasteiger partial charge in [-0.15, -0.1) is 0 Å². The topological polar surface area (TPSA) is 105 Å². The van der Waals surface area contributed by atoms with Crippen molar-refractivity contribution in [3.8, 4) is 22.3 Å². The molecule has 0 fully saturated rings. The first kappa shape index (κ1) is 26.7. The highest BCUT2D eigenvalue weighted by molar-refractivity contribution is 5.84. The predicted molar refractivity (Wildman–Crippen MR) is 153 cm³/mol. The van der Waals surface area contributed by atoms with Crippen LogP contribution in [0.4, 0.5) is 4.79 Å². The summed E-state index contributed by atoms with van der Waals surface area (Å²) >= 11 is 0. The predicted octanol–water partition coefficient (Wildman–Crippen LogP) is 5.39. The van der Waals surface area contributed by atoms with Gasteiger partial charge in [0.25, 0.3) is 0 Å². The van der Waals surface area contributed by atoms with Gasteiger partial charge >= 0.3 is 12.1 Å². The summed E-state index contributed by atoms with van der Waals surface area (Å²) in [6, 6.07) is 32.6. The number of aliphatic carboxylic acids is 1. The van der Waals surface area contributed by atoms with Gasteiger partial charge in [-0.05, 0) is 38.9 Å². The normalized spacial score (nSPS) is 12.6. The molecule has 0 aliphatic heterocycles. The fraction of sp³-hybridized carbons (Fsp3) is 0.182. The molecule has 0 bridgehead atoms. The molecule has 202 valence electrons. The Hall–Kier alpha value is -4.91. The van der Waals surface area contributed by atoms with E-state index >= 15 is 0 Å². The molecule has 0 saturated carbocycles. The number of nitrogens with one attached hydrogen (secondary N) is 2. The van der Waals surface area contributed by atoms with Gasteiger partial charge < -0.3 is 20.5 Å². The molecule has 5 rings (SSSR count). The van der Waals surface area contributed by atoms with Crippen molar-refractivity contribution >= 4 is 18.0 Å². The van der Waals surface area contributed by atoms with Gasteiger partial charge in [0.2, 0.25) is 5.91 Å². The molecule has 0 saturated heterocycles. The molecule has 1 atom stereocenters. The smallest absolute Gasteiger partial charge is 0.407 e. The molecule has 40 heavy (non-hydrogen) atoms. The number of ether oxygens (including phenoxy) is 1. The largest absolute Gasteiger partial charge is 0.480 e. The lowest BCUT2D eigenvalue weighted by molar-refractivity contribution is -0.141. The van der Waals surface area contributed by atoms with Gasteiger partial charge in [0, 0.05) is 25.3 Å². The van der Waals surface area contributed by atoms with E-state index in [1.54, 1.807) is 0 Å². The molecule has 0 radical (unpaired) electrons. The zero-order valence-corrected chi connectivity index (χ0v) is 21.9. The Balaban J connectivity index is 1.08. The minimum Gasteiger partial charge on any atom is -0.480 e. The number of carbonyl (C=O) groups excluding carboxylic acids is 2. The number of rotatable bonds is 10. The summed E-state index contributed by atoms with van der Waals surface area (Å²) in [6.45, 7) is 0.205. The maximum absolute atomic E-state index is 12.4. The van der Waals surface area contributed by atoms with E-state index in [2.05, 4.69) is 22.8 Å². The Kier molecular flexibility index (Phi) is 8.21. The molecule has 7 heteroatoms. The lowest BCUT2D eigenvalue weighted by Gasteiger charge is -2.16. The quantitative estimate of drug-likeness (QED) is 0.253. The van der Waals surface area contributed by atoms with Crippen LogP contribution in [0.15, 0.2) is 103 Å². The lowest BCUT2D eigenvalue weighted by Crippen LogP contribution is -2.43. The van der Waals surface area contributed by atoms with Gasteiger partial charge in [0.05, 0.1) is 0 Å². The van der Waals surface area contributed by atoms with Crippen molar-refractivity contribution in [1.29, 1.82) is 0 Å². The molecule has 1 aliphatic carbocycles. The van der Waals surface area contributed by atoms with Crippen LogP contribution in [-0.4, -0.2) is 42.3 Å². The van der Waals surface area contributed by atoms with Crippen LogP contribution >= 0.6 is 0 Å². The second-order valence-corrected chi connectivity index (χ2v) is 9.73. The molecular weight excluding hydrogens is 504 g/mol. The zero-order valence-electron chi connectivity index (χ0n) is 21.9. The number of carbonyl (C=O) groups is 3. The summed E-state index contributed by atoms with van der Waals surface area (Å²) in [5.74, 6) is -1.64. The number of alkyl carbamates (subject to hydrolysis) is 1. The fourth-order valence-electron chi connectivity index (χ4n) is 5.09. The molecular formula is C33H30N2O5. The summed E-state index contributed by atoms with van der Waals surface area (Å²) in [7, 11) is 0. The van der Waals surface area contributed by atoms with Crippen molar-refractivity contribution in [2.75, 3.05) is 13.2 Å². The zero-order chi connectivity index (χ0) is 27.9. The van der Waals surface area contributed by atoms with Crippen molar-refractivity contribution in [2.24, 2.45) is 0 Å². The third kappa shape index (κ3) is 6.21. The van der Waals surface area contributed by atoms with Crippen LogP contribution in [0.25, 0.3) is 22.3 Å². The average molecular weight is 535 g/mol. The van der Waals surface area contributed by atoms with Gasteiger partial charge in [0.1, 0.15) is 12.6 Å². The van der Waals surface area contributed by atoms with Crippen molar-refractivity contribution < 1.29 is 24.2 Å². The van der Waals surface area contributed by atoms with E-state index in [1.807, 2.05) is 91.0 Å². The number of hydrogen-bond donors (Lipinski definition) is 3. The third-order valence-electron chi connectivity index (χ3n) is 7.10. The van der Waals surface area contributed by atoms with Gasteiger partial charge in [-0.3, -0.25) is 4.79 Å². The summed E-state index contributed by atoms with van der Waals surface area (Å²) in [4.78, 5) is 36.6. The number of fused-ring (bicyclic) bond motifs is 3. The first-order valence-corrected chi connectivity index (χ1v) is 13.2. The second-order valence-electron chi connectivity index (χ2n) is 9.73. The molecule has 0 unspecified atom stereocenters. The molecule has 2 amide bonds. The number of hydrogen-bond acceptors (Lipinski definition) is 4. The summed E-state index contributed by atoms with van der Waals surface area (Å²) < 4.78 is 5.49. The third-order valence-corrected chi connectivity index (χ3v) is 7.10. The van der Waals surface area contributed by atoms with E-state index in [4.69, 9.17) is 4.74 Å². The first-order chi connectivity index (χ1) is 19.5. The average Bonchev–Trinajstić information content (AvgIpc) is 3.30. The maximum Gasteiger partial charge on any atom is 0.407 e. The highest BCUT2D eigenvalue weighted by Gasteiger charge is 2.29. The number of carboxylic acids is 1. The highest BCUT2D eigenvalue weighted by Crippen LogP contribution is 2.44. The maximum atomic E-state index is 12.4. The number of amides is 2. The Morgan fingerprint density at radius 2 is 1.32 bits per heavy atom. The number of carboxylic acid groups (broad SMARTS) is 1. The van der Waals surface area contributed by atoms with Crippen LogP contribution in [0, 0.1) is 0 Å². The molecule has 7 nitrogen and oxygen atoms in total. The van der Waals surface area contributed by atoms with E-state index in [0.717, 1.165) is 38.9 Å². The molecule has 1 aliphatic rings. The van der Waals surface area contributed by atoms with Crippen LogP contribution in [0.1, 0.15) is 29.0 Å². The molecule has 4 aromatic rings. The summed E-state index contributed by atoms with van der Waals surface area (Å²) in [6.07, 6.45) is -0.542. The monoisotopic (exact) mass is 534 g/mol. The molecule has 0 heterocycles. The van der Waals surface area contributed by atoms with E-state index in [1.165, 1.54) is 0 Å². The van der Waals surface area contributed by atoms with Crippen molar-refractivity contribution in [3.05, 3.63) is 120 Å². The first-order valence-electron chi connectivity index (χ1n) is 13.2. The van der Waals surface area contributed by atoms with E-state index < -0.39 is 24.0 Å². The fourth-order valence-corrected chi connectivity index (χ4v) is 5.09.